The van der Waals surface area contributed by atoms with Crippen molar-refractivity contribution >= 4 is 5.91 Å². The number of amides is 1. The van der Waals surface area contributed by atoms with Gasteiger partial charge < -0.3 is 15.7 Å². The molecule has 0 spiro atoms. The average molecular weight is 300 g/mol. The van der Waals surface area contributed by atoms with Crippen LogP contribution in [-0.4, -0.2) is 48.6 Å². The molecule has 0 saturated heterocycles. The smallest absolute Gasteiger partial charge is 0.257 e. The first-order valence-electron chi connectivity index (χ1n) is 6.16. The number of aliphatic hydroxyl groups is 1. The number of rotatable bonds is 5. The summed E-state index contributed by atoms with van der Waals surface area (Å²) in [7, 11) is 0. The molecule has 1 rings (SSSR count). The zero-order chi connectivity index (χ0) is 15.8. The highest BCUT2D eigenvalue weighted by Crippen LogP contribution is 2.13. The molecule has 0 heterocycles. The Morgan fingerprint density at radius 3 is 2.67 bits per heavy atom. The van der Waals surface area contributed by atoms with Crippen LogP contribution in [0.4, 0.5) is 13.2 Å². The fourth-order valence-electron chi connectivity index (χ4n) is 1.65. The molecule has 3 N–H and O–H groups in total. The van der Waals surface area contributed by atoms with E-state index in [0.717, 1.165) is 6.07 Å². The number of hydrogen-bond acceptors (Lipinski definition) is 3. The van der Waals surface area contributed by atoms with Gasteiger partial charge in [-0.1, -0.05) is 11.8 Å². The first-order chi connectivity index (χ1) is 9.99. The molecule has 0 aromatic heterocycles. The molecule has 1 aromatic carbocycles. The van der Waals surface area contributed by atoms with E-state index < -0.39 is 31.3 Å². The number of hydrogen-bond donors (Lipinski definition) is 2. The van der Waals surface area contributed by atoms with Gasteiger partial charge in [-0.2, -0.15) is 0 Å². The van der Waals surface area contributed by atoms with Gasteiger partial charge in [-0.05, 0) is 18.2 Å². The molecule has 1 aromatic rings. The van der Waals surface area contributed by atoms with Crippen molar-refractivity contribution in [3.05, 3.63) is 35.1 Å². The van der Waals surface area contributed by atoms with Crippen molar-refractivity contribution in [2.75, 3.05) is 26.2 Å². The van der Waals surface area contributed by atoms with E-state index in [1.165, 1.54) is 12.1 Å². The van der Waals surface area contributed by atoms with Crippen LogP contribution in [0.15, 0.2) is 18.2 Å². The molecule has 0 aliphatic rings. The summed E-state index contributed by atoms with van der Waals surface area (Å²) in [5, 5.41) is 8.79. The zero-order valence-electron chi connectivity index (χ0n) is 11.2. The van der Waals surface area contributed by atoms with E-state index in [4.69, 9.17) is 10.8 Å². The lowest BCUT2D eigenvalue weighted by molar-refractivity contribution is 0.0505. The third-order valence-electron chi connectivity index (χ3n) is 2.55. The number of benzene rings is 1. The molecule has 0 aliphatic heterocycles. The Balaban J connectivity index is 2.99. The van der Waals surface area contributed by atoms with Gasteiger partial charge in [-0.15, -0.1) is 0 Å². The van der Waals surface area contributed by atoms with Crippen molar-refractivity contribution in [1.29, 1.82) is 0 Å². The molecule has 0 atom stereocenters. The third kappa shape index (κ3) is 5.10. The van der Waals surface area contributed by atoms with E-state index in [-0.39, 0.29) is 18.7 Å². The topological polar surface area (TPSA) is 66.6 Å². The predicted octanol–water partition coefficient (Wildman–Crippen LogP) is 0.836. The lowest BCUT2D eigenvalue weighted by Crippen LogP contribution is -2.37. The van der Waals surface area contributed by atoms with Crippen molar-refractivity contribution in [2.24, 2.45) is 5.73 Å². The van der Waals surface area contributed by atoms with E-state index in [1.54, 1.807) is 0 Å². The van der Waals surface area contributed by atoms with Gasteiger partial charge in [-0.25, -0.2) is 13.2 Å². The molecule has 0 bridgehead atoms. The maximum absolute atomic E-state index is 13.9. The summed E-state index contributed by atoms with van der Waals surface area (Å²) in [6, 6.07) is 3.61. The van der Waals surface area contributed by atoms with Gasteiger partial charge in [0.15, 0.2) is 0 Å². The second-order valence-corrected chi connectivity index (χ2v) is 4.07. The molecular weight excluding hydrogens is 285 g/mol. The number of alkyl halides is 2. The van der Waals surface area contributed by atoms with Crippen molar-refractivity contribution in [3.63, 3.8) is 0 Å². The average Bonchev–Trinajstić information content (AvgIpc) is 2.43. The Morgan fingerprint density at radius 2 is 2.14 bits per heavy atom. The molecule has 4 nitrogen and oxygen atoms in total. The number of carbonyl (C=O) groups is 1. The Labute approximate surface area is 120 Å². The summed E-state index contributed by atoms with van der Waals surface area (Å²) < 4.78 is 38.6. The number of carbonyl (C=O) groups excluding carboxylic acids is 1. The summed E-state index contributed by atoms with van der Waals surface area (Å²) >= 11 is 0. The van der Waals surface area contributed by atoms with Gasteiger partial charge in [0.05, 0.1) is 25.3 Å². The van der Waals surface area contributed by atoms with Crippen molar-refractivity contribution < 1.29 is 23.1 Å². The van der Waals surface area contributed by atoms with Crippen LogP contribution < -0.4 is 5.73 Å². The van der Waals surface area contributed by atoms with Gasteiger partial charge in [-0.3, -0.25) is 4.79 Å². The molecule has 114 valence electrons. The maximum atomic E-state index is 13.9. The lowest BCUT2D eigenvalue weighted by Gasteiger charge is -2.21. The van der Waals surface area contributed by atoms with E-state index in [2.05, 4.69) is 11.8 Å². The first kappa shape index (κ1) is 17.0. The van der Waals surface area contributed by atoms with Gasteiger partial charge in [0.25, 0.3) is 12.3 Å². The monoisotopic (exact) mass is 300 g/mol. The largest absolute Gasteiger partial charge is 0.395 e. The number of halogens is 3. The summed E-state index contributed by atoms with van der Waals surface area (Å²) in [4.78, 5) is 12.7. The van der Waals surface area contributed by atoms with Crippen LogP contribution in [0.2, 0.25) is 0 Å². The highest BCUT2D eigenvalue weighted by atomic mass is 19.3. The van der Waals surface area contributed by atoms with Gasteiger partial charge in [0.2, 0.25) is 0 Å². The van der Waals surface area contributed by atoms with Crippen LogP contribution in [0.25, 0.3) is 0 Å². The minimum absolute atomic E-state index is 0.112. The number of aliphatic hydroxyl groups excluding tert-OH is 1. The Morgan fingerprint density at radius 1 is 1.43 bits per heavy atom. The summed E-state index contributed by atoms with van der Waals surface area (Å²) in [5.41, 5.74) is 5.17. The standard InChI is InChI=1S/C14H15F3N2O2/c15-12-8-10(2-1-5-18)3-4-11(12)14(21)19(6-7-20)9-13(16)17/h3-4,8,13,20H,5-7,9,18H2. The minimum Gasteiger partial charge on any atom is -0.395 e. The molecule has 21 heavy (non-hydrogen) atoms. The summed E-state index contributed by atoms with van der Waals surface area (Å²) in [6.45, 7) is -1.54. The quantitative estimate of drug-likeness (QED) is 0.792. The van der Waals surface area contributed by atoms with E-state index in [9.17, 15) is 18.0 Å². The van der Waals surface area contributed by atoms with Crippen molar-refractivity contribution in [2.45, 2.75) is 6.43 Å². The zero-order valence-corrected chi connectivity index (χ0v) is 11.2. The Bertz CT molecular complexity index is 553. The van der Waals surface area contributed by atoms with Gasteiger partial charge >= 0.3 is 0 Å². The van der Waals surface area contributed by atoms with E-state index >= 15 is 0 Å². The summed E-state index contributed by atoms with van der Waals surface area (Å²) in [5.74, 6) is 3.37. The maximum Gasteiger partial charge on any atom is 0.257 e. The lowest BCUT2D eigenvalue weighted by atomic mass is 10.1. The molecular formula is C14H15F3N2O2. The second kappa shape index (κ2) is 8.29. The predicted molar refractivity (Wildman–Crippen MR) is 71.3 cm³/mol. The molecule has 7 heteroatoms. The van der Waals surface area contributed by atoms with Crippen molar-refractivity contribution in [3.8, 4) is 11.8 Å². The Hall–Kier alpha value is -2.04. The highest BCUT2D eigenvalue weighted by Gasteiger charge is 2.22. The molecule has 0 fully saturated rings. The molecule has 1 amide bonds. The SMILES string of the molecule is NCC#Cc1ccc(C(=O)N(CCO)CC(F)F)c(F)c1. The third-order valence-corrected chi connectivity index (χ3v) is 2.55. The molecule has 0 aliphatic carbocycles. The fraction of sp³-hybridized carbons (Fsp3) is 0.357. The fourth-order valence-corrected chi connectivity index (χ4v) is 1.65. The van der Waals surface area contributed by atoms with Crippen LogP contribution >= 0.6 is 0 Å². The number of nitrogens with two attached hydrogens (primary N) is 1. The van der Waals surface area contributed by atoms with E-state index in [0.29, 0.717) is 10.5 Å². The normalized spacial score (nSPS) is 10.2. The number of nitrogens with zero attached hydrogens (tertiary/aromatic N) is 1. The Kier molecular flexibility index (Phi) is 6.72. The minimum atomic E-state index is -2.77. The van der Waals surface area contributed by atoms with Crippen LogP contribution in [0.3, 0.4) is 0 Å². The second-order valence-electron chi connectivity index (χ2n) is 4.07. The van der Waals surface area contributed by atoms with Crippen LogP contribution in [0, 0.1) is 17.7 Å². The van der Waals surface area contributed by atoms with Gasteiger partial charge in [0, 0.05) is 12.1 Å². The van der Waals surface area contributed by atoms with Crippen molar-refractivity contribution in [1.82, 2.24) is 4.90 Å². The molecule has 0 saturated carbocycles. The van der Waals surface area contributed by atoms with Crippen LogP contribution in [0.1, 0.15) is 15.9 Å². The van der Waals surface area contributed by atoms with Crippen LogP contribution in [0.5, 0.6) is 0 Å². The first-order valence-corrected chi connectivity index (χ1v) is 6.16. The molecule has 0 unspecified atom stereocenters. The highest BCUT2D eigenvalue weighted by molar-refractivity contribution is 5.94. The molecule has 0 radical (unpaired) electrons. The van der Waals surface area contributed by atoms with Gasteiger partial charge in [0.1, 0.15) is 5.82 Å². The summed E-state index contributed by atoms with van der Waals surface area (Å²) in [6.07, 6.45) is -2.77. The van der Waals surface area contributed by atoms with Crippen LogP contribution in [-0.2, 0) is 0 Å². The van der Waals surface area contributed by atoms with E-state index in [1.807, 2.05) is 0 Å².